The first-order valence-corrected chi connectivity index (χ1v) is 6.24. The number of rotatable bonds is 3. The van der Waals surface area contributed by atoms with Crippen molar-refractivity contribution in [1.82, 2.24) is 5.32 Å². The molecular weight excluding hydrogens is 250 g/mol. The Balaban J connectivity index is 2.68. The fourth-order valence-corrected chi connectivity index (χ4v) is 1.59. The van der Waals surface area contributed by atoms with E-state index in [2.05, 4.69) is 12.2 Å². The van der Waals surface area contributed by atoms with E-state index in [0.717, 1.165) is 5.56 Å². The number of carbonyl (C=O) groups is 1. The Labute approximate surface area is 113 Å². The predicted molar refractivity (Wildman–Crippen MR) is 73.5 cm³/mol. The monoisotopic (exact) mass is 268 g/mol. The molecule has 99 valence electrons. The van der Waals surface area contributed by atoms with Gasteiger partial charge in [0.25, 0.3) is 0 Å². The molecule has 18 heavy (non-hydrogen) atoms. The largest absolute Gasteiger partial charge is 0.444 e. The third-order valence-corrected chi connectivity index (χ3v) is 2.50. The minimum atomic E-state index is -0.504. The number of halogens is 1. The van der Waals surface area contributed by atoms with E-state index in [9.17, 15) is 4.79 Å². The summed E-state index contributed by atoms with van der Waals surface area (Å²) in [6.07, 6.45) is 0.104. The van der Waals surface area contributed by atoms with Crippen LogP contribution in [0.15, 0.2) is 24.3 Å². The van der Waals surface area contributed by atoms with Gasteiger partial charge in [-0.3, -0.25) is 0 Å². The van der Waals surface area contributed by atoms with E-state index < -0.39 is 11.7 Å². The van der Waals surface area contributed by atoms with Crippen LogP contribution in [0.2, 0.25) is 5.02 Å². The molecule has 1 amide bonds. The van der Waals surface area contributed by atoms with Crippen LogP contribution in [0.5, 0.6) is 0 Å². The second-order valence-corrected chi connectivity index (χ2v) is 5.48. The SMILES string of the molecule is [CH2]C[C@H](NC(=O)OC(C)(C)C)c1ccc(Cl)cc1. The third kappa shape index (κ3) is 4.96. The summed E-state index contributed by atoms with van der Waals surface area (Å²) in [5.41, 5.74) is 0.454. The first-order chi connectivity index (χ1) is 8.31. The lowest BCUT2D eigenvalue weighted by Gasteiger charge is -2.23. The van der Waals surface area contributed by atoms with Crippen LogP contribution < -0.4 is 5.32 Å². The minimum Gasteiger partial charge on any atom is -0.444 e. The van der Waals surface area contributed by atoms with Crippen LogP contribution >= 0.6 is 11.6 Å². The van der Waals surface area contributed by atoms with Gasteiger partial charge in [-0.15, -0.1) is 0 Å². The molecule has 0 bridgehead atoms. The summed E-state index contributed by atoms with van der Waals surface area (Å²) in [6.45, 7) is 9.31. The van der Waals surface area contributed by atoms with E-state index in [4.69, 9.17) is 16.3 Å². The van der Waals surface area contributed by atoms with Crippen molar-refractivity contribution in [3.05, 3.63) is 41.8 Å². The van der Waals surface area contributed by atoms with E-state index in [1.807, 2.05) is 32.9 Å². The number of amides is 1. The van der Waals surface area contributed by atoms with E-state index in [1.54, 1.807) is 12.1 Å². The van der Waals surface area contributed by atoms with Crippen molar-refractivity contribution in [3.63, 3.8) is 0 Å². The van der Waals surface area contributed by atoms with Gasteiger partial charge in [-0.1, -0.05) is 30.7 Å². The van der Waals surface area contributed by atoms with Gasteiger partial charge in [0, 0.05) is 5.02 Å². The Hall–Kier alpha value is -1.22. The molecule has 1 aromatic rings. The van der Waals surface area contributed by atoms with Crippen LogP contribution in [0, 0.1) is 6.92 Å². The molecule has 1 N–H and O–H groups in total. The predicted octanol–water partition coefficient (Wildman–Crippen LogP) is 4.13. The topological polar surface area (TPSA) is 38.3 Å². The van der Waals surface area contributed by atoms with Crippen LogP contribution in [-0.2, 0) is 4.74 Å². The molecule has 0 saturated heterocycles. The number of hydrogen-bond acceptors (Lipinski definition) is 2. The van der Waals surface area contributed by atoms with Gasteiger partial charge in [0.2, 0.25) is 0 Å². The lowest BCUT2D eigenvalue weighted by Crippen LogP contribution is -2.34. The highest BCUT2D eigenvalue weighted by atomic mass is 35.5. The zero-order valence-electron chi connectivity index (χ0n) is 11.0. The highest BCUT2D eigenvalue weighted by Gasteiger charge is 2.19. The maximum absolute atomic E-state index is 11.7. The molecule has 1 rings (SSSR count). The average Bonchev–Trinajstić information content (AvgIpc) is 2.25. The molecule has 0 aliphatic carbocycles. The number of alkyl carbamates (subject to hydrolysis) is 1. The molecule has 0 aliphatic rings. The second kappa shape index (κ2) is 6.10. The number of hydrogen-bond donors (Lipinski definition) is 1. The van der Waals surface area contributed by atoms with Crippen molar-refractivity contribution in [2.45, 2.75) is 38.8 Å². The lowest BCUT2D eigenvalue weighted by molar-refractivity contribution is 0.0504. The fraction of sp³-hybridized carbons (Fsp3) is 0.429. The first kappa shape index (κ1) is 14.8. The summed E-state index contributed by atoms with van der Waals surface area (Å²) < 4.78 is 5.21. The Bertz CT molecular complexity index is 395. The van der Waals surface area contributed by atoms with Gasteiger partial charge in [0.05, 0.1) is 6.04 Å². The summed E-state index contributed by atoms with van der Waals surface area (Å²) in [5.74, 6) is 0. The van der Waals surface area contributed by atoms with E-state index in [-0.39, 0.29) is 6.04 Å². The van der Waals surface area contributed by atoms with Gasteiger partial charge in [-0.25, -0.2) is 4.79 Å². The third-order valence-electron chi connectivity index (χ3n) is 2.25. The molecular formula is C14H19ClNO2. The molecule has 3 nitrogen and oxygen atoms in total. The fourth-order valence-electron chi connectivity index (χ4n) is 1.47. The molecule has 0 aliphatic heterocycles. The molecule has 0 heterocycles. The van der Waals surface area contributed by atoms with Crippen LogP contribution in [-0.4, -0.2) is 11.7 Å². The quantitative estimate of drug-likeness (QED) is 0.895. The maximum Gasteiger partial charge on any atom is 0.408 e. The van der Waals surface area contributed by atoms with Gasteiger partial charge in [0.1, 0.15) is 5.60 Å². The standard InChI is InChI=1S/C14H19ClNO2/c1-5-12(10-6-8-11(15)9-7-10)16-13(17)18-14(2,3)4/h6-9,12H,1,5H2,2-4H3,(H,16,17)/t12-/m0/s1. The summed E-state index contributed by atoms with van der Waals surface area (Å²) >= 11 is 5.82. The van der Waals surface area contributed by atoms with Crippen molar-refractivity contribution in [2.24, 2.45) is 0 Å². The molecule has 4 heteroatoms. The smallest absolute Gasteiger partial charge is 0.408 e. The second-order valence-electron chi connectivity index (χ2n) is 5.04. The summed E-state index contributed by atoms with van der Waals surface area (Å²) in [7, 11) is 0. The zero-order chi connectivity index (χ0) is 13.8. The molecule has 0 unspecified atom stereocenters. The lowest BCUT2D eigenvalue weighted by atomic mass is 10.1. The van der Waals surface area contributed by atoms with E-state index in [0.29, 0.717) is 11.4 Å². The van der Waals surface area contributed by atoms with E-state index in [1.165, 1.54) is 0 Å². The highest BCUT2D eigenvalue weighted by Crippen LogP contribution is 2.19. The summed E-state index contributed by atoms with van der Waals surface area (Å²) in [4.78, 5) is 11.7. The molecule has 1 atom stereocenters. The summed E-state index contributed by atoms with van der Waals surface area (Å²) in [5, 5.41) is 3.46. The van der Waals surface area contributed by atoms with Crippen LogP contribution in [0.25, 0.3) is 0 Å². The Morgan fingerprint density at radius 2 is 1.94 bits per heavy atom. The molecule has 1 aromatic carbocycles. The average molecular weight is 269 g/mol. The Morgan fingerprint density at radius 3 is 2.39 bits per heavy atom. The maximum atomic E-state index is 11.7. The number of carbonyl (C=O) groups excluding carboxylic acids is 1. The van der Waals surface area contributed by atoms with Crippen LogP contribution in [0.3, 0.4) is 0 Å². The number of ether oxygens (including phenoxy) is 1. The summed E-state index contributed by atoms with van der Waals surface area (Å²) in [6, 6.07) is 7.15. The van der Waals surface area contributed by atoms with E-state index >= 15 is 0 Å². The van der Waals surface area contributed by atoms with Gasteiger partial charge >= 0.3 is 6.09 Å². The van der Waals surface area contributed by atoms with Gasteiger partial charge in [-0.05, 0) is 44.9 Å². The number of nitrogens with one attached hydrogen (secondary N) is 1. The Morgan fingerprint density at radius 1 is 1.39 bits per heavy atom. The van der Waals surface area contributed by atoms with Crippen LogP contribution in [0.1, 0.15) is 38.8 Å². The van der Waals surface area contributed by atoms with Crippen molar-refractivity contribution in [1.29, 1.82) is 0 Å². The van der Waals surface area contributed by atoms with Gasteiger partial charge in [0.15, 0.2) is 0 Å². The van der Waals surface area contributed by atoms with Crippen molar-refractivity contribution in [2.75, 3.05) is 0 Å². The molecule has 0 fully saturated rings. The number of benzene rings is 1. The first-order valence-electron chi connectivity index (χ1n) is 5.86. The highest BCUT2D eigenvalue weighted by molar-refractivity contribution is 6.30. The molecule has 0 aromatic heterocycles. The Kier molecular flexibility index (Phi) is 5.03. The van der Waals surface area contributed by atoms with Gasteiger partial charge < -0.3 is 10.1 Å². The molecule has 0 saturated carbocycles. The zero-order valence-corrected chi connectivity index (χ0v) is 11.8. The molecule has 1 radical (unpaired) electrons. The van der Waals surface area contributed by atoms with Crippen molar-refractivity contribution in [3.8, 4) is 0 Å². The molecule has 0 spiro atoms. The normalized spacial score (nSPS) is 12.9. The van der Waals surface area contributed by atoms with Gasteiger partial charge in [-0.2, -0.15) is 0 Å². The van der Waals surface area contributed by atoms with Crippen molar-refractivity contribution >= 4 is 17.7 Å². The van der Waals surface area contributed by atoms with Crippen molar-refractivity contribution < 1.29 is 9.53 Å². The minimum absolute atomic E-state index is 0.169. The van der Waals surface area contributed by atoms with Crippen LogP contribution in [0.4, 0.5) is 4.79 Å².